The molecule has 0 saturated heterocycles. The molecule has 0 aliphatic carbocycles. The molecular formula is C18H14ClFN4O2. The summed E-state index contributed by atoms with van der Waals surface area (Å²) in [7, 11) is 1.47. The molecule has 0 radical (unpaired) electrons. The van der Waals surface area contributed by atoms with E-state index in [4.69, 9.17) is 27.8 Å². The van der Waals surface area contributed by atoms with Crippen LogP contribution in [0.15, 0.2) is 47.6 Å². The van der Waals surface area contributed by atoms with Crippen LogP contribution in [0.2, 0.25) is 5.02 Å². The lowest BCUT2D eigenvalue weighted by atomic mass is 10.0. The minimum Gasteiger partial charge on any atom is -0.496 e. The van der Waals surface area contributed by atoms with E-state index in [2.05, 4.69) is 9.98 Å². The van der Waals surface area contributed by atoms with Crippen molar-refractivity contribution in [1.29, 1.82) is 0 Å². The molecule has 0 unspecified atom stereocenters. The van der Waals surface area contributed by atoms with Gasteiger partial charge in [0, 0.05) is 28.1 Å². The molecule has 26 heavy (non-hydrogen) atoms. The maximum atomic E-state index is 13.8. The summed E-state index contributed by atoms with van der Waals surface area (Å²) in [5.74, 6) is -0.961. The number of pyridine rings is 1. The number of halogens is 2. The number of guanidine groups is 1. The number of amides is 1. The summed E-state index contributed by atoms with van der Waals surface area (Å²) in [5, 5.41) is 1.57. The second-order valence-electron chi connectivity index (χ2n) is 5.40. The van der Waals surface area contributed by atoms with Crippen LogP contribution >= 0.6 is 11.6 Å². The summed E-state index contributed by atoms with van der Waals surface area (Å²) >= 11 is 6.22. The molecule has 0 saturated carbocycles. The van der Waals surface area contributed by atoms with E-state index in [9.17, 15) is 9.18 Å². The SMILES string of the molecule is COc1ccc(F)cc1-c1ncc(Cl)c2ccc(C(=O)N=C(N)N)cc12. The Kier molecular flexibility index (Phi) is 4.73. The highest BCUT2D eigenvalue weighted by Gasteiger charge is 2.16. The average Bonchev–Trinajstić information content (AvgIpc) is 2.61. The minimum absolute atomic E-state index is 0.242. The van der Waals surface area contributed by atoms with Crippen LogP contribution in [0.4, 0.5) is 4.39 Å². The van der Waals surface area contributed by atoms with E-state index in [1.807, 2.05) is 0 Å². The summed E-state index contributed by atoms with van der Waals surface area (Å²) in [6, 6.07) is 8.86. The fraction of sp³-hybridized carbons (Fsp3) is 0.0556. The van der Waals surface area contributed by atoms with Gasteiger partial charge in [-0.1, -0.05) is 17.7 Å². The van der Waals surface area contributed by atoms with Gasteiger partial charge in [0.25, 0.3) is 5.91 Å². The number of benzene rings is 2. The molecule has 1 heterocycles. The highest BCUT2D eigenvalue weighted by atomic mass is 35.5. The maximum Gasteiger partial charge on any atom is 0.280 e. The van der Waals surface area contributed by atoms with Gasteiger partial charge < -0.3 is 16.2 Å². The van der Waals surface area contributed by atoms with Crippen molar-refractivity contribution in [2.24, 2.45) is 16.5 Å². The quantitative estimate of drug-likeness (QED) is 0.543. The largest absolute Gasteiger partial charge is 0.496 e. The maximum absolute atomic E-state index is 13.8. The topological polar surface area (TPSA) is 104 Å². The number of nitrogens with zero attached hydrogens (tertiary/aromatic N) is 2. The number of hydrogen-bond acceptors (Lipinski definition) is 3. The van der Waals surface area contributed by atoms with Crippen LogP contribution in [0.25, 0.3) is 22.0 Å². The fourth-order valence-corrected chi connectivity index (χ4v) is 2.82. The Bertz CT molecular complexity index is 1050. The Morgan fingerprint density at radius 3 is 2.65 bits per heavy atom. The van der Waals surface area contributed by atoms with Crippen molar-refractivity contribution in [2.75, 3.05) is 7.11 Å². The van der Waals surface area contributed by atoms with Crippen molar-refractivity contribution in [3.8, 4) is 17.0 Å². The molecule has 3 rings (SSSR count). The van der Waals surface area contributed by atoms with Gasteiger partial charge in [0.2, 0.25) is 0 Å². The van der Waals surface area contributed by atoms with Crippen molar-refractivity contribution >= 4 is 34.2 Å². The minimum atomic E-state index is -0.607. The molecule has 3 aromatic rings. The van der Waals surface area contributed by atoms with E-state index >= 15 is 0 Å². The van der Waals surface area contributed by atoms with E-state index in [-0.39, 0.29) is 11.5 Å². The molecule has 132 valence electrons. The van der Waals surface area contributed by atoms with Crippen LogP contribution in [-0.2, 0) is 0 Å². The van der Waals surface area contributed by atoms with Gasteiger partial charge in [-0.25, -0.2) is 4.39 Å². The lowest BCUT2D eigenvalue weighted by Crippen LogP contribution is -2.24. The number of carbonyl (C=O) groups excluding carboxylic acids is 1. The number of methoxy groups -OCH3 is 1. The van der Waals surface area contributed by atoms with Gasteiger partial charge in [-0.05, 0) is 30.3 Å². The lowest BCUT2D eigenvalue weighted by molar-refractivity contribution is 0.100. The molecule has 1 aromatic heterocycles. The molecule has 0 aliphatic rings. The van der Waals surface area contributed by atoms with E-state index in [1.165, 1.54) is 31.5 Å². The summed E-state index contributed by atoms with van der Waals surface area (Å²) in [6.07, 6.45) is 1.46. The third-order valence-corrected chi connectivity index (χ3v) is 4.03. The van der Waals surface area contributed by atoms with Gasteiger partial charge in [0.05, 0.1) is 17.8 Å². The molecular weight excluding hydrogens is 359 g/mol. The first kappa shape index (κ1) is 17.6. The monoisotopic (exact) mass is 372 g/mol. The first-order chi connectivity index (χ1) is 12.4. The second-order valence-corrected chi connectivity index (χ2v) is 5.81. The molecule has 1 amide bonds. The summed E-state index contributed by atoms with van der Waals surface area (Å²) in [5.41, 5.74) is 11.6. The van der Waals surface area contributed by atoms with Gasteiger partial charge in [-0.15, -0.1) is 0 Å². The zero-order chi connectivity index (χ0) is 18.8. The van der Waals surface area contributed by atoms with Crippen molar-refractivity contribution < 1.29 is 13.9 Å². The Balaban J connectivity index is 2.30. The van der Waals surface area contributed by atoms with E-state index in [0.717, 1.165) is 0 Å². The number of hydrogen-bond donors (Lipinski definition) is 2. The first-order valence-corrected chi connectivity index (χ1v) is 7.84. The molecule has 0 atom stereocenters. The summed E-state index contributed by atoms with van der Waals surface area (Å²) in [4.78, 5) is 20.0. The molecule has 4 N–H and O–H groups in total. The third kappa shape index (κ3) is 3.29. The molecule has 0 spiro atoms. The van der Waals surface area contributed by atoms with Gasteiger partial charge in [-0.2, -0.15) is 4.99 Å². The zero-order valence-electron chi connectivity index (χ0n) is 13.7. The average molecular weight is 373 g/mol. The number of ether oxygens (including phenoxy) is 1. The lowest BCUT2D eigenvalue weighted by Gasteiger charge is -2.12. The van der Waals surface area contributed by atoms with Crippen LogP contribution < -0.4 is 16.2 Å². The molecule has 0 bridgehead atoms. The Hall–Kier alpha value is -3.19. The highest BCUT2D eigenvalue weighted by molar-refractivity contribution is 6.35. The number of aliphatic imine (C=N–C) groups is 1. The van der Waals surface area contributed by atoms with Crippen LogP contribution in [-0.4, -0.2) is 24.0 Å². The number of nitrogens with two attached hydrogens (primary N) is 2. The first-order valence-electron chi connectivity index (χ1n) is 7.47. The predicted octanol–water partition coefficient (Wildman–Crippen LogP) is 3.12. The highest BCUT2D eigenvalue weighted by Crippen LogP contribution is 2.36. The van der Waals surface area contributed by atoms with Crippen LogP contribution in [0.1, 0.15) is 10.4 Å². The van der Waals surface area contributed by atoms with Crippen LogP contribution in [0.3, 0.4) is 0 Å². The zero-order valence-corrected chi connectivity index (χ0v) is 14.4. The Labute approximate surface area is 153 Å². The van der Waals surface area contributed by atoms with Gasteiger partial charge in [0.15, 0.2) is 5.96 Å². The normalized spacial score (nSPS) is 10.6. The predicted molar refractivity (Wildman–Crippen MR) is 98.8 cm³/mol. The van der Waals surface area contributed by atoms with Gasteiger partial charge in [0.1, 0.15) is 11.6 Å². The smallest absolute Gasteiger partial charge is 0.280 e. The third-order valence-electron chi connectivity index (χ3n) is 3.73. The molecule has 2 aromatic carbocycles. The Morgan fingerprint density at radius 2 is 1.96 bits per heavy atom. The molecule has 6 nitrogen and oxygen atoms in total. The number of fused-ring (bicyclic) bond motifs is 1. The van der Waals surface area contributed by atoms with Gasteiger partial charge >= 0.3 is 0 Å². The number of aromatic nitrogens is 1. The van der Waals surface area contributed by atoms with Crippen LogP contribution in [0.5, 0.6) is 5.75 Å². The standard InChI is InChI=1S/C18H14ClFN4O2/c1-26-15-5-3-10(20)7-13(15)16-12-6-9(17(25)24-18(21)22)2-4-11(12)14(19)8-23-16/h2-8H,1H3,(H4,21,22,24,25). The van der Waals surface area contributed by atoms with Crippen molar-refractivity contribution in [2.45, 2.75) is 0 Å². The van der Waals surface area contributed by atoms with Crippen LogP contribution in [0, 0.1) is 5.82 Å². The Morgan fingerprint density at radius 1 is 1.19 bits per heavy atom. The fourth-order valence-electron chi connectivity index (χ4n) is 2.60. The van der Waals surface area contributed by atoms with Crippen molar-refractivity contribution in [3.63, 3.8) is 0 Å². The summed E-state index contributed by atoms with van der Waals surface area (Å²) in [6.45, 7) is 0. The molecule has 0 aliphatic heterocycles. The second kappa shape index (κ2) is 6.97. The molecule has 0 fully saturated rings. The molecule has 8 heteroatoms. The van der Waals surface area contributed by atoms with E-state index in [1.54, 1.807) is 18.2 Å². The number of rotatable bonds is 3. The van der Waals surface area contributed by atoms with E-state index in [0.29, 0.717) is 32.8 Å². The van der Waals surface area contributed by atoms with Crippen molar-refractivity contribution in [3.05, 3.63) is 59.0 Å². The summed E-state index contributed by atoms with van der Waals surface area (Å²) < 4.78 is 19.1. The van der Waals surface area contributed by atoms with E-state index < -0.39 is 11.7 Å². The van der Waals surface area contributed by atoms with Gasteiger partial charge in [-0.3, -0.25) is 9.78 Å². The van der Waals surface area contributed by atoms with Crippen molar-refractivity contribution in [1.82, 2.24) is 4.98 Å². The number of carbonyl (C=O) groups is 1.